The van der Waals surface area contributed by atoms with Crippen molar-refractivity contribution in [2.45, 2.75) is 40.7 Å². The Bertz CT molecular complexity index is 494. The molecule has 1 fully saturated rings. The number of benzene rings is 1. The Morgan fingerprint density at radius 2 is 1.71 bits per heavy atom. The molecule has 1 unspecified atom stereocenters. The predicted octanol–water partition coefficient (Wildman–Crippen LogP) is 4.04. The zero-order valence-corrected chi connectivity index (χ0v) is 14.4. The summed E-state index contributed by atoms with van der Waals surface area (Å²) in [5.41, 5.74) is 1.87. The van der Waals surface area contributed by atoms with Crippen LogP contribution in [0.15, 0.2) is 18.2 Å². The monoisotopic (exact) mass is 291 g/mol. The summed E-state index contributed by atoms with van der Waals surface area (Å²) >= 11 is 0. The molecule has 2 rings (SSSR count). The van der Waals surface area contributed by atoms with Gasteiger partial charge in [-0.1, -0.05) is 40.7 Å². The third-order valence-corrected chi connectivity index (χ3v) is 5.67. The second-order valence-electron chi connectivity index (χ2n) is 7.06. The molecule has 1 saturated carbocycles. The first-order valence-electron chi connectivity index (χ1n) is 7.76. The van der Waals surface area contributed by atoms with E-state index in [0.717, 1.165) is 18.0 Å². The predicted molar refractivity (Wildman–Crippen MR) is 87.0 cm³/mol. The van der Waals surface area contributed by atoms with Gasteiger partial charge in [0, 0.05) is 17.7 Å². The van der Waals surface area contributed by atoms with E-state index >= 15 is 0 Å². The van der Waals surface area contributed by atoms with Gasteiger partial charge in [0.05, 0.1) is 14.2 Å². The molecular formula is C18H29NO2. The van der Waals surface area contributed by atoms with E-state index in [1.54, 1.807) is 14.2 Å². The van der Waals surface area contributed by atoms with Crippen molar-refractivity contribution >= 4 is 0 Å². The van der Waals surface area contributed by atoms with Crippen molar-refractivity contribution in [2.75, 3.05) is 20.8 Å². The average molecular weight is 291 g/mol. The summed E-state index contributed by atoms with van der Waals surface area (Å²) in [6, 6.07) is 6.43. The van der Waals surface area contributed by atoms with E-state index in [2.05, 4.69) is 46.0 Å². The summed E-state index contributed by atoms with van der Waals surface area (Å²) in [5.74, 6) is 2.33. The molecule has 1 N–H and O–H groups in total. The summed E-state index contributed by atoms with van der Waals surface area (Å²) in [7, 11) is 3.41. The van der Waals surface area contributed by atoms with Crippen LogP contribution in [0.1, 0.15) is 46.2 Å². The highest BCUT2D eigenvalue weighted by Gasteiger charge is 2.67. The smallest absolute Gasteiger partial charge is 0.127 e. The van der Waals surface area contributed by atoms with Crippen LogP contribution in [0.2, 0.25) is 0 Å². The van der Waals surface area contributed by atoms with E-state index in [4.69, 9.17) is 9.47 Å². The Kier molecular flexibility index (Phi) is 4.25. The molecule has 3 heteroatoms. The highest BCUT2D eigenvalue weighted by Crippen LogP contribution is 2.72. The summed E-state index contributed by atoms with van der Waals surface area (Å²) in [6.45, 7) is 12.5. The molecule has 0 bridgehead atoms. The summed E-state index contributed by atoms with van der Waals surface area (Å²) in [4.78, 5) is 0. The van der Waals surface area contributed by atoms with Crippen molar-refractivity contribution < 1.29 is 9.47 Å². The molecule has 1 atom stereocenters. The number of hydrogen-bond donors (Lipinski definition) is 1. The van der Waals surface area contributed by atoms with E-state index < -0.39 is 0 Å². The topological polar surface area (TPSA) is 30.5 Å². The van der Waals surface area contributed by atoms with E-state index in [1.807, 2.05) is 12.1 Å². The number of hydrogen-bond acceptors (Lipinski definition) is 3. The Balaban J connectivity index is 2.40. The average Bonchev–Trinajstić information content (AvgIpc) is 2.86. The lowest BCUT2D eigenvalue weighted by Crippen LogP contribution is -2.25. The minimum absolute atomic E-state index is 0.306. The fraction of sp³-hybridized carbons (Fsp3) is 0.667. The molecule has 118 valence electrons. The van der Waals surface area contributed by atoms with Crippen molar-refractivity contribution in [1.82, 2.24) is 5.32 Å². The van der Waals surface area contributed by atoms with Gasteiger partial charge in [0.1, 0.15) is 11.5 Å². The first kappa shape index (κ1) is 16.2. The molecule has 1 aliphatic rings. The molecule has 1 aromatic rings. The lowest BCUT2D eigenvalue weighted by Gasteiger charge is -2.23. The SMILES string of the molecule is CCNC(c1ccc(OC)cc1OC)C1C(C)(C)C1(C)C. The number of ether oxygens (including phenoxy) is 2. The number of nitrogens with one attached hydrogen (secondary N) is 1. The van der Waals surface area contributed by atoms with Gasteiger partial charge in [0.15, 0.2) is 0 Å². The molecule has 0 aliphatic heterocycles. The minimum atomic E-state index is 0.306. The molecule has 0 spiro atoms. The first-order valence-corrected chi connectivity index (χ1v) is 7.76. The van der Waals surface area contributed by atoms with Crippen LogP contribution in [0.5, 0.6) is 11.5 Å². The molecule has 1 aromatic carbocycles. The number of methoxy groups -OCH3 is 2. The van der Waals surface area contributed by atoms with Gasteiger partial charge < -0.3 is 14.8 Å². The maximum Gasteiger partial charge on any atom is 0.127 e. The molecule has 0 saturated heterocycles. The van der Waals surface area contributed by atoms with Gasteiger partial charge in [-0.05, 0) is 29.4 Å². The Labute approximate surface area is 129 Å². The second-order valence-corrected chi connectivity index (χ2v) is 7.06. The molecular weight excluding hydrogens is 262 g/mol. The first-order chi connectivity index (χ1) is 9.81. The van der Waals surface area contributed by atoms with Crippen molar-refractivity contribution in [3.63, 3.8) is 0 Å². The molecule has 0 radical (unpaired) electrons. The maximum absolute atomic E-state index is 5.61. The molecule has 3 nitrogen and oxygen atoms in total. The summed E-state index contributed by atoms with van der Waals surface area (Å²) < 4.78 is 10.9. The van der Waals surface area contributed by atoms with Gasteiger partial charge in [-0.3, -0.25) is 0 Å². The Hall–Kier alpha value is -1.22. The fourth-order valence-corrected chi connectivity index (χ4v) is 3.78. The lowest BCUT2D eigenvalue weighted by molar-refractivity contribution is 0.366. The molecule has 0 heterocycles. The molecule has 1 aliphatic carbocycles. The van der Waals surface area contributed by atoms with Crippen LogP contribution in [-0.2, 0) is 0 Å². The van der Waals surface area contributed by atoms with E-state index in [-0.39, 0.29) is 0 Å². The standard InChI is InChI=1S/C18H29NO2/c1-8-19-15(16-17(2,3)18(16,4)5)13-10-9-12(20-6)11-14(13)21-7/h9-11,15-16,19H,8H2,1-7H3. The fourth-order valence-electron chi connectivity index (χ4n) is 3.78. The van der Waals surface area contributed by atoms with Crippen molar-refractivity contribution in [3.8, 4) is 11.5 Å². The van der Waals surface area contributed by atoms with Gasteiger partial charge in [0.25, 0.3) is 0 Å². The molecule has 0 aromatic heterocycles. The lowest BCUT2D eigenvalue weighted by atomic mass is 9.95. The van der Waals surface area contributed by atoms with Crippen LogP contribution < -0.4 is 14.8 Å². The van der Waals surface area contributed by atoms with E-state index in [1.165, 1.54) is 5.56 Å². The number of rotatable bonds is 6. The van der Waals surface area contributed by atoms with Gasteiger partial charge in [0.2, 0.25) is 0 Å². The highest BCUT2D eigenvalue weighted by atomic mass is 16.5. The van der Waals surface area contributed by atoms with Crippen molar-refractivity contribution in [1.29, 1.82) is 0 Å². The van der Waals surface area contributed by atoms with Gasteiger partial charge in [-0.15, -0.1) is 0 Å². The van der Waals surface area contributed by atoms with Gasteiger partial charge >= 0.3 is 0 Å². The van der Waals surface area contributed by atoms with Gasteiger partial charge in [-0.2, -0.15) is 0 Å². The summed E-state index contributed by atoms with van der Waals surface area (Å²) in [6.07, 6.45) is 0. The van der Waals surface area contributed by atoms with Gasteiger partial charge in [-0.25, -0.2) is 0 Å². The largest absolute Gasteiger partial charge is 0.497 e. The van der Waals surface area contributed by atoms with Crippen LogP contribution in [0.3, 0.4) is 0 Å². The van der Waals surface area contributed by atoms with Crippen LogP contribution in [0.25, 0.3) is 0 Å². The van der Waals surface area contributed by atoms with Crippen LogP contribution in [-0.4, -0.2) is 20.8 Å². The Morgan fingerprint density at radius 3 is 2.14 bits per heavy atom. The van der Waals surface area contributed by atoms with Crippen molar-refractivity contribution in [2.24, 2.45) is 16.7 Å². The quantitative estimate of drug-likeness (QED) is 0.858. The van der Waals surface area contributed by atoms with Crippen molar-refractivity contribution in [3.05, 3.63) is 23.8 Å². The maximum atomic E-state index is 5.61. The zero-order chi connectivity index (χ0) is 15.8. The van der Waals surface area contributed by atoms with Crippen LogP contribution in [0.4, 0.5) is 0 Å². The van der Waals surface area contributed by atoms with Crippen LogP contribution in [0, 0.1) is 16.7 Å². The molecule has 0 amide bonds. The second kappa shape index (κ2) is 5.53. The normalized spacial score (nSPS) is 20.9. The third kappa shape index (κ3) is 2.52. The zero-order valence-electron chi connectivity index (χ0n) is 14.4. The van der Waals surface area contributed by atoms with Crippen LogP contribution >= 0.6 is 0 Å². The van der Waals surface area contributed by atoms with E-state index in [0.29, 0.717) is 22.8 Å². The minimum Gasteiger partial charge on any atom is -0.497 e. The molecule has 21 heavy (non-hydrogen) atoms. The Morgan fingerprint density at radius 1 is 1.10 bits per heavy atom. The highest BCUT2D eigenvalue weighted by molar-refractivity contribution is 5.44. The third-order valence-electron chi connectivity index (χ3n) is 5.67. The van der Waals surface area contributed by atoms with E-state index in [9.17, 15) is 0 Å². The summed E-state index contributed by atoms with van der Waals surface area (Å²) in [5, 5.41) is 3.66.